The van der Waals surface area contributed by atoms with E-state index in [4.69, 9.17) is 23.9 Å². The second-order valence-corrected chi connectivity index (χ2v) is 6.05. The minimum Gasteiger partial charge on any atom is -0.497 e. The van der Waals surface area contributed by atoms with Gasteiger partial charge < -0.3 is 18.9 Å². The van der Waals surface area contributed by atoms with Crippen LogP contribution < -0.4 is 18.9 Å². The van der Waals surface area contributed by atoms with Gasteiger partial charge in [-0.3, -0.25) is 9.79 Å². The summed E-state index contributed by atoms with van der Waals surface area (Å²) in [6.45, 7) is 0.618. The fourth-order valence-corrected chi connectivity index (χ4v) is 3.80. The Morgan fingerprint density at radius 1 is 0.846 bits per heavy atom. The Bertz CT molecular complexity index is 961. The monoisotopic (exact) mass is 353 g/mol. The maximum atomic E-state index is 13.4. The number of fused-ring (bicyclic) bond motifs is 2. The molecule has 6 nitrogen and oxygen atoms in total. The summed E-state index contributed by atoms with van der Waals surface area (Å²) >= 11 is 0. The number of rotatable bonds is 4. The summed E-state index contributed by atoms with van der Waals surface area (Å²) < 4.78 is 22.0. The Kier molecular flexibility index (Phi) is 3.83. The minimum absolute atomic E-state index is 0.131. The standard InChI is InChI=1S/C20H19NO5/c1-23-10-5-6-11-13(9-10)17(22)15-14-12(7-8-21-16(11)14)18(24-2)20(26-4)19(15)25-3/h5-6,9H,7-8H2,1-4H3. The first-order valence-corrected chi connectivity index (χ1v) is 8.29. The second-order valence-electron chi connectivity index (χ2n) is 6.05. The van der Waals surface area contributed by atoms with Crippen molar-refractivity contribution in [3.05, 3.63) is 46.0 Å². The van der Waals surface area contributed by atoms with E-state index in [0.717, 1.165) is 22.4 Å². The van der Waals surface area contributed by atoms with Crippen molar-refractivity contribution in [2.45, 2.75) is 6.42 Å². The first-order chi connectivity index (χ1) is 12.7. The van der Waals surface area contributed by atoms with Gasteiger partial charge in [-0.15, -0.1) is 0 Å². The van der Waals surface area contributed by atoms with Crippen LogP contribution in [-0.2, 0) is 6.42 Å². The van der Waals surface area contributed by atoms with Crippen molar-refractivity contribution in [2.24, 2.45) is 4.99 Å². The van der Waals surface area contributed by atoms with Gasteiger partial charge in [-0.05, 0) is 24.6 Å². The van der Waals surface area contributed by atoms with Gasteiger partial charge in [-0.2, -0.15) is 0 Å². The number of methoxy groups -OCH3 is 4. The molecule has 0 atom stereocenters. The lowest BCUT2D eigenvalue weighted by molar-refractivity contribution is 0.103. The molecule has 0 fully saturated rings. The van der Waals surface area contributed by atoms with Crippen LogP contribution in [0.5, 0.6) is 23.0 Å². The maximum Gasteiger partial charge on any atom is 0.204 e. The Morgan fingerprint density at radius 2 is 1.58 bits per heavy atom. The molecule has 2 aromatic rings. The van der Waals surface area contributed by atoms with E-state index in [0.29, 0.717) is 47.1 Å². The van der Waals surface area contributed by atoms with E-state index in [1.165, 1.54) is 7.11 Å². The van der Waals surface area contributed by atoms with Gasteiger partial charge in [-0.25, -0.2) is 0 Å². The first-order valence-electron chi connectivity index (χ1n) is 8.29. The van der Waals surface area contributed by atoms with Crippen molar-refractivity contribution < 1.29 is 23.7 Å². The molecule has 0 spiro atoms. The van der Waals surface area contributed by atoms with Crippen molar-refractivity contribution >= 4 is 11.5 Å². The van der Waals surface area contributed by atoms with Crippen LogP contribution in [0.4, 0.5) is 0 Å². The Labute approximate surface area is 151 Å². The number of hydrogen-bond donors (Lipinski definition) is 0. The third kappa shape index (κ3) is 2.05. The number of nitrogens with zero attached hydrogens (tertiary/aromatic N) is 1. The highest BCUT2D eigenvalue weighted by Crippen LogP contribution is 2.49. The normalized spacial score (nSPS) is 14.2. The highest BCUT2D eigenvalue weighted by molar-refractivity contribution is 6.32. The predicted octanol–water partition coefficient (Wildman–Crippen LogP) is 2.66. The van der Waals surface area contributed by atoms with E-state index in [1.54, 1.807) is 27.4 Å². The zero-order valence-corrected chi connectivity index (χ0v) is 15.1. The highest BCUT2D eigenvalue weighted by atomic mass is 16.5. The molecule has 2 aromatic carbocycles. The van der Waals surface area contributed by atoms with Crippen LogP contribution in [0.3, 0.4) is 0 Å². The summed E-state index contributed by atoms with van der Waals surface area (Å²) in [6, 6.07) is 5.46. The quantitative estimate of drug-likeness (QED) is 0.721. The molecule has 0 unspecified atom stereocenters. The Morgan fingerprint density at radius 3 is 2.23 bits per heavy atom. The molecule has 4 rings (SSSR count). The Balaban J connectivity index is 2.11. The van der Waals surface area contributed by atoms with Crippen molar-refractivity contribution in [1.29, 1.82) is 0 Å². The van der Waals surface area contributed by atoms with Crippen LogP contribution in [0.25, 0.3) is 0 Å². The summed E-state index contributed by atoms with van der Waals surface area (Å²) in [5, 5.41) is 0. The van der Waals surface area contributed by atoms with E-state index in [9.17, 15) is 4.79 Å². The summed E-state index contributed by atoms with van der Waals surface area (Å²) in [5.41, 5.74) is 4.33. The summed E-state index contributed by atoms with van der Waals surface area (Å²) in [7, 11) is 6.23. The van der Waals surface area contributed by atoms with E-state index in [-0.39, 0.29) is 5.78 Å². The van der Waals surface area contributed by atoms with Gasteiger partial charge in [0.25, 0.3) is 0 Å². The van der Waals surface area contributed by atoms with Gasteiger partial charge in [-0.1, -0.05) is 0 Å². The molecule has 0 N–H and O–H groups in total. The van der Waals surface area contributed by atoms with Crippen LogP contribution >= 0.6 is 0 Å². The smallest absolute Gasteiger partial charge is 0.204 e. The van der Waals surface area contributed by atoms with Crippen LogP contribution in [0.1, 0.15) is 32.6 Å². The van der Waals surface area contributed by atoms with Crippen LogP contribution in [-0.4, -0.2) is 46.5 Å². The molecule has 2 aliphatic rings. The van der Waals surface area contributed by atoms with Crippen molar-refractivity contribution in [2.75, 3.05) is 35.0 Å². The van der Waals surface area contributed by atoms with Gasteiger partial charge in [0, 0.05) is 28.8 Å². The van der Waals surface area contributed by atoms with Gasteiger partial charge >= 0.3 is 0 Å². The van der Waals surface area contributed by atoms with Gasteiger partial charge in [0.05, 0.1) is 39.7 Å². The molecular formula is C20H19NO5. The second kappa shape index (κ2) is 6.05. The molecule has 0 bridgehead atoms. The van der Waals surface area contributed by atoms with E-state index in [2.05, 4.69) is 0 Å². The molecule has 0 aromatic heterocycles. The van der Waals surface area contributed by atoms with Crippen LogP contribution in [0.2, 0.25) is 0 Å². The topological polar surface area (TPSA) is 66.4 Å². The third-order valence-corrected chi connectivity index (χ3v) is 4.90. The van der Waals surface area contributed by atoms with Crippen molar-refractivity contribution in [1.82, 2.24) is 0 Å². The molecule has 1 aliphatic heterocycles. The van der Waals surface area contributed by atoms with E-state index >= 15 is 0 Å². The van der Waals surface area contributed by atoms with Gasteiger partial charge in [0.2, 0.25) is 5.75 Å². The maximum absolute atomic E-state index is 13.4. The lowest BCUT2D eigenvalue weighted by atomic mass is 9.78. The number of hydrogen-bond acceptors (Lipinski definition) is 6. The number of carbonyl (C=O) groups excluding carboxylic acids is 1. The molecule has 26 heavy (non-hydrogen) atoms. The molecule has 0 amide bonds. The molecular weight excluding hydrogens is 334 g/mol. The SMILES string of the molecule is COc1ccc2c(c1)C(=O)c1c(OC)c(OC)c(OC)c3c1C2=NCC3. The zero-order chi connectivity index (χ0) is 18.4. The number of aliphatic imine (C=N–C) groups is 1. The summed E-state index contributed by atoms with van der Waals surface area (Å²) in [5.74, 6) is 1.89. The van der Waals surface area contributed by atoms with E-state index in [1.807, 2.05) is 12.1 Å². The fourth-order valence-electron chi connectivity index (χ4n) is 3.80. The number of carbonyl (C=O) groups is 1. The molecule has 1 aliphatic carbocycles. The van der Waals surface area contributed by atoms with E-state index < -0.39 is 0 Å². The molecule has 6 heteroatoms. The number of ether oxygens (including phenoxy) is 4. The van der Waals surface area contributed by atoms with Crippen molar-refractivity contribution in [3.8, 4) is 23.0 Å². The van der Waals surface area contributed by atoms with Crippen molar-refractivity contribution in [3.63, 3.8) is 0 Å². The summed E-state index contributed by atoms with van der Waals surface area (Å²) in [4.78, 5) is 18.1. The molecule has 0 radical (unpaired) electrons. The number of ketones is 1. The lowest BCUT2D eigenvalue weighted by Gasteiger charge is -2.30. The highest BCUT2D eigenvalue weighted by Gasteiger charge is 2.39. The Hall–Kier alpha value is -3.02. The van der Waals surface area contributed by atoms with Gasteiger partial charge in [0.1, 0.15) is 5.75 Å². The van der Waals surface area contributed by atoms with Crippen LogP contribution in [0, 0.1) is 0 Å². The molecule has 0 saturated heterocycles. The molecule has 134 valence electrons. The zero-order valence-electron chi connectivity index (χ0n) is 15.1. The third-order valence-electron chi connectivity index (χ3n) is 4.90. The first kappa shape index (κ1) is 16.4. The summed E-state index contributed by atoms with van der Waals surface area (Å²) in [6.07, 6.45) is 0.675. The predicted molar refractivity (Wildman–Crippen MR) is 96.7 cm³/mol. The lowest BCUT2D eigenvalue weighted by Crippen LogP contribution is -2.28. The fraction of sp³-hybridized carbons (Fsp3) is 0.300. The minimum atomic E-state index is -0.131. The molecule has 0 saturated carbocycles. The van der Waals surface area contributed by atoms with Gasteiger partial charge in [0.15, 0.2) is 17.3 Å². The number of benzene rings is 2. The molecule has 1 heterocycles. The largest absolute Gasteiger partial charge is 0.497 e. The average molecular weight is 353 g/mol. The average Bonchev–Trinajstić information content (AvgIpc) is 2.69. The van der Waals surface area contributed by atoms with Crippen LogP contribution in [0.15, 0.2) is 23.2 Å².